The molecule has 5 nitrogen and oxygen atoms in total. The van der Waals surface area contributed by atoms with Crippen LogP contribution in [0.1, 0.15) is 67.9 Å². The van der Waals surface area contributed by atoms with Gasteiger partial charge in [0.25, 0.3) is 0 Å². The molecule has 1 rings (SSSR count). The number of ketones is 1. The van der Waals surface area contributed by atoms with Crippen LogP contribution in [0.5, 0.6) is 0 Å². The van der Waals surface area contributed by atoms with E-state index < -0.39 is 5.41 Å². The molecule has 3 N–H and O–H groups in total. The number of carbonyl (C=O) groups is 1. The Morgan fingerprint density at radius 1 is 1.12 bits per heavy atom. The average molecular weight is 379 g/mol. The van der Waals surface area contributed by atoms with Crippen LogP contribution in [-0.2, 0) is 34.7 Å². The molecule has 0 saturated carbocycles. The molecule has 1 aromatic rings. The van der Waals surface area contributed by atoms with Gasteiger partial charge in [0, 0.05) is 24.0 Å². The van der Waals surface area contributed by atoms with Crippen molar-refractivity contribution >= 4 is 11.5 Å². The molecule has 0 aromatic heterocycles. The average Bonchev–Trinajstić information content (AvgIpc) is 2.59. The smallest absolute Gasteiger partial charge is 0.135 e. The Morgan fingerprint density at radius 3 is 1.92 bits per heavy atom. The van der Waals surface area contributed by atoms with Gasteiger partial charge in [-0.25, -0.2) is 0 Å². The van der Waals surface area contributed by atoms with Crippen LogP contribution in [0.2, 0.25) is 0 Å². The number of nitrogens with two attached hydrogens (primary N) is 1. The minimum absolute atomic E-state index is 0. The van der Waals surface area contributed by atoms with Gasteiger partial charge in [-0.05, 0) is 25.0 Å². The predicted molar refractivity (Wildman–Crippen MR) is 98.2 cm³/mol. The zero-order valence-corrected chi connectivity index (χ0v) is 18.1. The first-order chi connectivity index (χ1) is 10.9. The van der Waals surface area contributed by atoms with Gasteiger partial charge in [-0.2, -0.15) is 10.8 Å². The number of hydrogen-bond donors (Lipinski definition) is 2. The van der Waals surface area contributed by atoms with Crippen LogP contribution in [0.4, 0.5) is 5.69 Å². The van der Waals surface area contributed by atoms with E-state index in [4.69, 9.17) is 5.90 Å². The summed E-state index contributed by atoms with van der Waals surface area (Å²) in [6.07, 6.45) is 0.499. The third-order valence-electron chi connectivity index (χ3n) is 2.88. The first kappa shape index (κ1) is 31.0. The van der Waals surface area contributed by atoms with Crippen molar-refractivity contribution in [2.75, 3.05) is 5.23 Å². The largest absolute Gasteiger partial charge is 0.299 e. The fraction of sp³-hybridized carbons (Fsp3) is 0.611. The van der Waals surface area contributed by atoms with Gasteiger partial charge in [-0.15, -0.1) is 5.23 Å². The molecule has 0 spiro atoms. The molecule has 0 fully saturated rings. The monoisotopic (exact) mass is 379 g/mol. The Hall–Kier alpha value is -0.846. The quantitative estimate of drug-likeness (QED) is 0.710. The van der Waals surface area contributed by atoms with Gasteiger partial charge in [0.2, 0.25) is 0 Å². The molecule has 0 amide bonds. The van der Waals surface area contributed by atoms with Gasteiger partial charge < -0.3 is 0 Å². The molecule has 0 bridgehead atoms. The van der Waals surface area contributed by atoms with E-state index in [1.807, 2.05) is 67.5 Å². The normalized spacial score (nSPS) is 8.79. The summed E-state index contributed by atoms with van der Waals surface area (Å²) in [6, 6.07) is 7.07. The summed E-state index contributed by atoms with van der Waals surface area (Å²) in [7, 11) is 0. The summed E-state index contributed by atoms with van der Waals surface area (Å²) in [5.74, 6) is 4.99. The second-order valence-corrected chi connectivity index (χ2v) is 4.62. The Labute approximate surface area is 160 Å². The number of nitrogens with zero attached hydrogens (tertiary/aromatic N) is 1. The maximum absolute atomic E-state index is 11.5. The summed E-state index contributed by atoms with van der Waals surface area (Å²) in [5, 5.41) is 9.94. The fourth-order valence-electron chi connectivity index (χ4n) is 1.50. The third kappa shape index (κ3) is 11.7. The Bertz CT molecular complexity index is 413. The van der Waals surface area contributed by atoms with Gasteiger partial charge in [0.15, 0.2) is 0 Å². The SMILES string of the molecule is CC.CC.CC.CC(=O)C(C)(C)Cc1ccccc1N(O)ON.[V]. The van der Waals surface area contributed by atoms with Crippen LogP contribution in [0.3, 0.4) is 0 Å². The van der Waals surface area contributed by atoms with Crippen molar-refractivity contribution < 1.29 is 33.5 Å². The zero-order chi connectivity index (χ0) is 19.1. The number of Topliss-reactive ketones (excluding diaryl/α,β-unsaturated/α-hetero) is 1. The Kier molecular flexibility index (Phi) is 23.9. The number of carbonyl (C=O) groups excluding carboxylic acids is 1. The van der Waals surface area contributed by atoms with Crippen LogP contribution in [-0.4, -0.2) is 11.0 Å². The molecule has 141 valence electrons. The topological polar surface area (TPSA) is 75.8 Å². The summed E-state index contributed by atoms with van der Waals surface area (Å²) in [6.45, 7) is 17.3. The van der Waals surface area contributed by atoms with E-state index in [1.54, 1.807) is 19.1 Å². The number of rotatable bonds is 5. The van der Waals surface area contributed by atoms with Crippen molar-refractivity contribution in [3.8, 4) is 0 Å². The van der Waals surface area contributed by atoms with Gasteiger partial charge in [0.05, 0.1) is 5.69 Å². The van der Waals surface area contributed by atoms with Gasteiger partial charge in [0.1, 0.15) is 5.78 Å². The van der Waals surface area contributed by atoms with Gasteiger partial charge in [-0.1, -0.05) is 73.6 Å². The Morgan fingerprint density at radius 2 is 1.54 bits per heavy atom. The Balaban J connectivity index is -0.000000256. The molecule has 0 aliphatic carbocycles. The third-order valence-corrected chi connectivity index (χ3v) is 2.88. The maximum atomic E-state index is 11.5. The van der Waals surface area contributed by atoms with Crippen LogP contribution >= 0.6 is 0 Å². The van der Waals surface area contributed by atoms with Crippen molar-refractivity contribution in [3.63, 3.8) is 0 Å². The molecule has 0 aliphatic heterocycles. The second-order valence-electron chi connectivity index (χ2n) is 4.62. The molecule has 0 aliphatic rings. The van der Waals surface area contributed by atoms with Gasteiger partial charge >= 0.3 is 0 Å². The van der Waals surface area contributed by atoms with Crippen molar-refractivity contribution in [2.45, 2.75) is 68.7 Å². The number of benzene rings is 1. The van der Waals surface area contributed by atoms with E-state index in [2.05, 4.69) is 4.94 Å². The van der Waals surface area contributed by atoms with Crippen molar-refractivity contribution in [2.24, 2.45) is 11.3 Å². The van der Waals surface area contributed by atoms with Crippen LogP contribution in [0, 0.1) is 5.41 Å². The first-order valence-corrected chi connectivity index (χ1v) is 8.33. The first-order valence-electron chi connectivity index (χ1n) is 8.33. The predicted octanol–water partition coefficient (Wildman–Crippen LogP) is 4.92. The van der Waals surface area contributed by atoms with E-state index >= 15 is 0 Å². The van der Waals surface area contributed by atoms with E-state index in [-0.39, 0.29) is 24.3 Å². The summed E-state index contributed by atoms with van der Waals surface area (Å²) >= 11 is 0. The van der Waals surface area contributed by atoms with E-state index in [9.17, 15) is 10.0 Å². The van der Waals surface area contributed by atoms with Crippen molar-refractivity contribution in [3.05, 3.63) is 29.8 Å². The fourth-order valence-corrected chi connectivity index (χ4v) is 1.50. The van der Waals surface area contributed by atoms with Crippen LogP contribution < -0.4 is 11.1 Å². The summed E-state index contributed by atoms with van der Waals surface area (Å²) in [4.78, 5) is 15.7. The standard InChI is InChI=1S/C12H18N2O3.3C2H6.V/c1-9(15)12(2,3)8-10-6-4-5-7-11(10)14(16)17-13;3*1-2;/h4-7,16H,8,13H2,1-3H3;3*1-2H3;. The second kappa shape index (κ2) is 18.5. The number of para-hydroxylation sites is 1. The number of hydrogen-bond acceptors (Lipinski definition) is 5. The molecular formula is C18H36N2O3V. The summed E-state index contributed by atoms with van der Waals surface area (Å²) < 4.78 is 0. The minimum Gasteiger partial charge on any atom is -0.299 e. The summed E-state index contributed by atoms with van der Waals surface area (Å²) in [5.41, 5.74) is 0.732. The van der Waals surface area contributed by atoms with E-state index in [1.165, 1.54) is 0 Å². The molecule has 0 unspecified atom stereocenters. The molecule has 0 atom stereocenters. The van der Waals surface area contributed by atoms with Crippen molar-refractivity contribution in [1.29, 1.82) is 0 Å². The van der Waals surface area contributed by atoms with Crippen LogP contribution in [0.25, 0.3) is 0 Å². The maximum Gasteiger partial charge on any atom is 0.135 e. The molecule has 0 saturated heterocycles. The zero-order valence-electron chi connectivity index (χ0n) is 16.8. The van der Waals surface area contributed by atoms with Gasteiger partial charge in [-0.3, -0.25) is 10.0 Å². The molecule has 6 heteroatoms. The van der Waals surface area contributed by atoms with E-state index in [0.717, 1.165) is 5.56 Å². The molecule has 1 radical (unpaired) electrons. The molecule has 24 heavy (non-hydrogen) atoms. The minimum atomic E-state index is -0.495. The van der Waals surface area contributed by atoms with E-state index in [0.29, 0.717) is 17.3 Å². The molecule has 0 heterocycles. The number of anilines is 1. The molecular weight excluding hydrogens is 343 g/mol. The molecule has 1 aromatic carbocycles. The van der Waals surface area contributed by atoms with Crippen molar-refractivity contribution in [1.82, 2.24) is 0 Å². The van der Waals surface area contributed by atoms with Crippen LogP contribution in [0.15, 0.2) is 24.3 Å².